The molecule has 1 atom stereocenters. The summed E-state index contributed by atoms with van der Waals surface area (Å²) < 4.78 is 5.39. The highest BCUT2D eigenvalue weighted by molar-refractivity contribution is 5.85. The molecule has 1 amide bonds. The average molecular weight is 322 g/mol. The van der Waals surface area contributed by atoms with Crippen molar-refractivity contribution in [2.24, 2.45) is 0 Å². The minimum Gasteiger partial charge on any atom is -0.496 e. The predicted octanol–water partition coefficient (Wildman–Crippen LogP) is 1.94. The van der Waals surface area contributed by atoms with Gasteiger partial charge in [-0.2, -0.15) is 0 Å². The molecule has 2 aromatic rings. The van der Waals surface area contributed by atoms with Crippen LogP contribution < -0.4 is 15.4 Å². The topological polar surface area (TPSA) is 63.2 Å². The molecule has 2 rings (SSSR count). The Morgan fingerprint density at radius 2 is 1.95 bits per heavy atom. The van der Waals surface area contributed by atoms with Crippen molar-refractivity contribution in [2.75, 3.05) is 20.7 Å². The molecule has 2 N–H and O–H groups in total. The van der Waals surface area contributed by atoms with E-state index in [0.29, 0.717) is 0 Å². The fourth-order valence-electron chi connectivity index (χ4n) is 2.14. The number of likely N-dealkylation sites (N-methyl/N-ethyl adjacent to an activating group) is 1. The summed E-state index contributed by atoms with van der Waals surface area (Å²) in [5.74, 6) is 0.622. The number of aromatic nitrogens is 1. The second kappa shape index (κ2) is 9.02. The SMILES string of the molecule is CNCC(=O)NC(c1ccccn1)c1ccccc1OC.Cl. The summed E-state index contributed by atoms with van der Waals surface area (Å²) in [4.78, 5) is 16.3. The Kier molecular flexibility index (Phi) is 7.36. The summed E-state index contributed by atoms with van der Waals surface area (Å²) in [5.41, 5.74) is 1.65. The third-order valence-corrected chi connectivity index (χ3v) is 3.08. The minimum absolute atomic E-state index is 0. The number of benzene rings is 1. The van der Waals surface area contributed by atoms with Gasteiger partial charge in [0.1, 0.15) is 11.8 Å². The van der Waals surface area contributed by atoms with Gasteiger partial charge in [-0.1, -0.05) is 24.3 Å². The number of para-hydroxylation sites is 1. The number of pyridine rings is 1. The maximum atomic E-state index is 12.0. The molecule has 0 saturated heterocycles. The average Bonchev–Trinajstić information content (AvgIpc) is 2.54. The van der Waals surface area contributed by atoms with E-state index in [9.17, 15) is 4.79 Å². The molecule has 0 fully saturated rings. The minimum atomic E-state index is -0.344. The van der Waals surface area contributed by atoms with Crippen molar-refractivity contribution in [3.05, 3.63) is 59.9 Å². The summed E-state index contributed by atoms with van der Waals surface area (Å²) in [7, 11) is 3.35. The lowest BCUT2D eigenvalue weighted by atomic mass is 10.0. The lowest BCUT2D eigenvalue weighted by molar-refractivity contribution is -0.120. The smallest absolute Gasteiger partial charge is 0.234 e. The monoisotopic (exact) mass is 321 g/mol. The first-order chi connectivity index (χ1) is 10.3. The van der Waals surface area contributed by atoms with Gasteiger partial charge in [0.25, 0.3) is 0 Å². The molecule has 0 bridgehead atoms. The normalized spacial score (nSPS) is 11.2. The Morgan fingerprint density at radius 1 is 1.23 bits per heavy atom. The number of rotatable bonds is 6. The van der Waals surface area contributed by atoms with Gasteiger partial charge in [0, 0.05) is 11.8 Å². The van der Waals surface area contributed by atoms with Crippen molar-refractivity contribution < 1.29 is 9.53 Å². The lowest BCUT2D eigenvalue weighted by Gasteiger charge is -2.21. The van der Waals surface area contributed by atoms with Crippen LogP contribution in [0.1, 0.15) is 17.3 Å². The number of halogens is 1. The Labute approximate surface area is 136 Å². The largest absolute Gasteiger partial charge is 0.496 e. The quantitative estimate of drug-likeness (QED) is 0.853. The molecule has 5 nitrogen and oxygen atoms in total. The van der Waals surface area contributed by atoms with Gasteiger partial charge in [-0.15, -0.1) is 12.4 Å². The maximum absolute atomic E-state index is 12.0. The highest BCUT2D eigenvalue weighted by atomic mass is 35.5. The number of nitrogens with zero attached hydrogens (tertiary/aromatic N) is 1. The summed E-state index contributed by atoms with van der Waals surface area (Å²) in [6.45, 7) is 0.248. The van der Waals surface area contributed by atoms with E-state index in [0.717, 1.165) is 17.0 Å². The van der Waals surface area contributed by atoms with Crippen molar-refractivity contribution in [2.45, 2.75) is 6.04 Å². The number of hydrogen-bond acceptors (Lipinski definition) is 4. The van der Waals surface area contributed by atoms with E-state index in [1.807, 2.05) is 42.5 Å². The van der Waals surface area contributed by atoms with Crippen LogP contribution in [-0.2, 0) is 4.79 Å². The van der Waals surface area contributed by atoms with Crippen LogP contribution in [0.5, 0.6) is 5.75 Å². The number of carbonyl (C=O) groups excluding carboxylic acids is 1. The molecule has 0 aliphatic carbocycles. The van der Waals surface area contributed by atoms with E-state index >= 15 is 0 Å². The van der Waals surface area contributed by atoms with Gasteiger partial charge in [0.15, 0.2) is 0 Å². The number of amides is 1. The van der Waals surface area contributed by atoms with E-state index in [4.69, 9.17) is 4.74 Å². The number of hydrogen-bond donors (Lipinski definition) is 2. The van der Waals surface area contributed by atoms with E-state index in [-0.39, 0.29) is 30.9 Å². The van der Waals surface area contributed by atoms with Crippen LogP contribution in [0.15, 0.2) is 48.7 Å². The Balaban J connectivity index is 0.00000242. The first-order valence-corrected chi connectivity index (χ1v) is 6.74. The van der Waals surface area contributed by atoms with Crippen molar-refractivity contribution in [3.63, 3.8) is 0 Å². The summed E-state index contributed by atoms with van der Waals surface area (Å²) >= 11 is 0. The summed E-state index contributed by atoms with van der Waals surface area (Å²) in [6, 6.07) is 12.9. The predicted molar refractivity (Wildman–Crippen MR) is 88.4 cm³/mol. The second-order valence-corrected chi connectivity index (χ2v) is 4.53. The number of ether oxygens (including phenoxy) is 1. The van der Waals surface area contributed by atoms with Crippen molar-refractivity contribution in [1.29, 1.82) is 0 Å². The molecule has 0 aliphatic rings. The maximum Gasteiger partial charge on any atom is 0.234 e. The Morgan fingerprint density at radius 3 is 2.59 bits per heavy atom. The van der Waals surface area contributed by atoms with E-state index in [1.54, 1.807) is 20.4 Å². The van der Waals surface area contributed by atoms with Crippen LogP contribution in [0.25, 0.3) is 0 Å². The number of carbonyl (C=O) groups is 1. The van der Waals surface area contributed by atoms with E-state index in [1.165, 1.54) is 0 Å². The van der Waals surface area contributed by atoms with Gasteiger partial charge < -0.3 is 15.4 Å². The second-order valence-electron chi connectivity index (χ2n) is 4.53. The summed E-state index contributed by atoms with van der Waals surface area (Å²) in [6.07, 6.45) is 1.71. The molecule has 0 saturated carbocycles. The van der Waals surface area contributed by atoms with Gasteiger partial charge in [-0.05, 0) is 25.2 Å². The van der Waals surface area contributed by atoms with Crippen LogP contribution >= 0.6 is 12.4 Å². The first-order valence-electron chi connectivity index (χ1n) is 6.74. The van der Waals surface area contributed by atoms with Gasteiger partial charge >= 0.3 is 0 Å². The van der Waals surface area contributed by atoms with Crippen molar-refractivity contribution >= 4 is 18.3 Å². The molecular formula is C16H20ClN3O2. The van der Waals surface area contributed by atoms with Gasteiger partial charge in [0.2, 0.25) is 5.91 Å². The zero-order valence-corrected chi connectivity index (χ0v) is 13.4. The van der Waals surface area contributed by atoms with Crippen LogP contribution in [0.2, 0.25) is 0 Å². The van der Waals surface area contributed by atoms with Gasteiger partial charge in [-0.25, -0.2) is 0 Å². The van der Waals surface area contributed by atoms with Crippen LogP contribution in [0.4, 0.5) is 0 Å². The summed E-state index contributed by atoms with van der Waals surface area (Å²) in [5, 5.41) is 5.82. The fourth-order valence-corrected chi connectivity index (χ4v) is 2.14. The van der Waals surface area contributed by atoms with Crippen LogP contribution in [0.3, 0.4) is 0 Å². The first kappa shape index (κ1) is 17.9. The third-order valence-electron chi connectivity index (χ3n) is 3.08. The van der Waals surface area contributed by atoms with Crippen LogP contribution in [0, 0.1) is 0 Å². The molecule has 1 aromatic carbocycles. The van der Waals surface area contributed by atoms with Crippen molar-refractivity contribution in [3.8, 4) is 5.75 Å². The fraction of sp³-hybridized carbons (Fsp3) is 0.250. The molecule has 22 heavy (non-hydrogen) atoms. The highest BCUT2D eigenvalue weighted by Gasteiger charge is 2.20. The van der Waals surface area contributed by atoms with Gasteiger partial charge in [0.05, 0.1) is 19.3 Å². The zero-order chi connectivity index (χ0) is 15.1. The zero-order valence-electron chi connectivity index (χ0n) is 12.6. The standard InChI is InChI=1S/C16H19N3O2.ClH/c1-17-11-15(20)19-16(13-8-5-6-10-18-13)12-7-3-4-9-14(12)21-2;/h3-10,16-17H,11H2,1-2H3,(H,19,20);1H. The Bertz CT molecular complexity index is 593. The third kappa shape index (κ3) is 4.44. The highest BCUT2D eigenvalue weighted by Crippen LogP contribution is 2.28. The van der Waals surface area contributed by atoms with E-state index < -0.39 is 0 Å². The molecule has 6 heteroatoms. The molecule has 1 heterocycles. The van der Waals surface area contributed by atoms with Gasteiger partial charge in [-0.3, -0.25) is 9.78 Å². The number of nitrogens with one attached hydrogen (secondary N) is 2. The Hall–Kier alpha value is -2.11. The lowest BCUT2D eigenvalue weighted by Crippen LogP contribution is -2.36. The molecule has 118 valence electrons. The van der Waals surface area contributed by atoms with E-state index in [2.05, 4.69) is 15.6 Å². The molecule has 1 unspecified atom stereocenters. The molecule has 0 radical (unpaired) electrons. The van der Waals surface area contributed by atoms with Crippen LogP contribution in [-0.4, -0.2) is 31.6 Å². The molecule has 1 aromatic heterocycles. The molecule has 0 spiro atoms. The molecule has 0 aliphatic heterocycles. The molecular weight excluding hydrogens is 302 g/mol. The number of methoxy groups -OCH3 is 1. The van der Waals surface area contributed by atoms with Crippen molar-refractivity contribution in [1.82, 2.24) is 15.6 Å².